The number of unbranched alkanes of at least 4 members (excludes halogenated alkanes) is 3. The van der Waals surface area contributed by atoms with E-state index in [1.54, 1.807) is 41.8 Å². The number of benzene rings is 8. The molecule has 12 aromatic heterocycles. The Morgan fingerprint density at radius 3 is 1.11 bits per heavy atom. The number of aromatic amines is 5. The Balaban J connectivity index is 0.000000148. The molecule has 0 bridgehead atoms. The molecule has 20 aromatic rings. The fourth-order valence-electron chi connectivity index (χ4n) is 16.9. The van der Waals surface area contributed by atoms with E-state index in [9.17, 15) is 38.0 Å². The number of aliphatic carboxylic acids is 1. The van der Waals surface area contributed by atoms with E-state index in [4.69, 9.17) is 47.3 Å². The van der Waals surface area contributed by atoms with Crippen molar-refractivity contribution in [1.29, 1.82) is 0 Å². The number of hydrogen-bond acceptors (Lipinski definition) is 15. The maximum atomic E-state index is 13.1. The monoisotopic (exact) mass is 2160 g/mol. The number of fused-ring (bicyclic) bond motifs is 8. The quantitative estimate of drug-likeness (QED) is 0.0162. The smallest absolute Gasteiger partial charge is 0.490 e. The van der Waals surface area contributed by atoms with Crippen molar-refractivity contribution in [1.82, 2.24) is 69.4 Å². The molecule has 12 heterocycles. The van der Waals surface area contributed by atoms with Crippen molar-refractivity contribution < 1.29 is 61.1 Å². The van der Waals surface area contributed by atoms with Gasteiger partial charge in [0, 0.05) is 94.3 Å². The standard InChI is InChI=1S/C25H22N4O3.C25H22N4O2.C20H18BrN3O2.C20H14N4O.C5H4N.3C4H9.C2HF3O2.CH2Cl2.CH4.Sn/c1-25(2,3)32-24(30)29-21-9-5-4-7-17(21)14-22(29)23-19-11-10-16(13-20(19)26-27-23)18-8-6-12-28(31)15-18;1-25(2,3)31-24(30)29-21-9-5-4-7-17(21)14-22(29)23-19-11-10-16(13-20(19)27-28-23)18-8-6-12-26-15-18;1-20(2,3)26-19(25)24-16-7-5-4-6-12(16)10-17(24)18-14-9-8-13(21)11-15(14)22-23-18;25-24-9-3-5-15(12-24)13-7-8-16-18(10-13)22-23-20(16)19-11-14-4-1-2-6-17(14)21-19;1-2-4-6-5-3-1;3*1-3-4-2;3-2(4,5)1(6)7;2-1-3;;/h4-15H,1-3H3,(H,26,27);4-15H,1-3H3,(H,27,28);4-11H,1-3H3,(H,22,23);1-12,21H,(H,22,23);1-2,4-5H;3*1,3-4H2,2H3;(H,6,7);1H2;1H4;. The zero-order valence-corrected chi connectivity index (χ0v) is 87.0. The van der Waals surface area contributed by atoms with Gasteiger partial charge in [-0.15, -0.1) is 23.2 Å². The largest absolute Gasteiger partial charge is 0.619 e. The third-order valence-electron chi connectivity index (χ3n) is 23.3. The number of carbonyl (C=O) groups is 4. The third kappa shape index (κ3) is 26.1. The molecule has 0 aliphatic carbocycles. The minimum Gasteiger partial charge on any atom is -0.619 e. The van der Waals surface area contributed by atoms with Crippen LogP contribution in [0.25, 0.3) is 166 Å². The molecule has 20 rings (SSSR count). The van der Waals surface area contributed by atoms with Crippen molar-refractivity contribution in [3.63, 3.8) is 0 Å². The van der Waals surface area contributed by atoms with Crippen LogP contribution in [0.2, 0.25) is 13.3 Å². The molecule has 26 nitrogen and oxygen atoms in total. The molecule has 33 heteroatoms. The molecule has 744 valence electrons. The fourth-order valence-corrected chi connectivity index (χ4v) is 33.0. The molecule has 0 aliphatic rings. The van der Waals surface area contributed by atoms with E-state index in [1.807, 2.05) is 275 Å². The summed E-state index contributed by atoms with van der Waals surface area (Å²) in [5.41, 5.74) is 16.8. The van der Waals surface area contributed by atoms with Crippen LogP contribution in [0.3, 0.4) is 0 Å². The number of carboxylic acids is 1. The van der Waals surface area contributed by atoms with Gasteiger partial charge in [-0.25, -0.2) is 32.9 Å². The number of carboxylic acid groups (broad SMARTS) is 1. The zero-order valence-electron chi connectivity index (χ0n) is 81.1. The number of nitrogens with zero attached hydrogens (tertiary/aromatic N) is 11. The van der Waals surface area contributed by atoms with Gasteiger partial charge >= 0.3 is 154 Å². The van der Waals surface area contributed by atoms with Crippen LogP contribution in [0, 0.1) is 10.4 Å². The normalized spacial score (nSPS) is 11.5. The molecule has 0 unspecified atom stereocenters. The maximum Gasteiger partial charge on any atom is 0.490 e. The Hall–Kier alpha value is -14.5. The Morgan fingerprint density at radius 1 is 0.417 bits per heavy atom. The molecule has 6 N–H and O–H groups in total. The summed E-state index contributed by atoms with van der Waals surface area (Å²) in [6.45, 7) is 23.7. The zero-order chi connectivity index (χ0) is 102. The number of halogens is 6. The molecule has 0 amide bonds. The van der Waals surface area contributed by atoms with Crippen LogP contribution < -0.4 is 13.0 Å². The summed E-state index contributed by atoms with van der Waals surface area (Å²) in [4.78, 5) is 60.1. The van der Waals surface area contributed by atoms with Gasteiger partial charge in [0.1, 0.15) is 39.6 Å². The molecule has 0 radical (unpaired) electrons. The molecule has 0 saturated heterocycles. The van der Waals surface area contributed by atoms with Crippen LogP contribution >= 0.6 is 39.1 Å². The van der Waals surface area contributed by atoms with Gasteiger partial charge in [0.2, 0.25) is 0 Å². The first kappa shape index (κ1) is 107. The second-order valence-electron chi connectivity index (χ2n) is 37.1. The van der Waals surface area contributed by atoms with E-state index < -0.39 is 65.6 Å². The predicted octanol–water partition coefficient (Wildman–Crippen LogP) is 28.9. The van der Waals surface area contributed by atoms with Crippen molar-refractivity contribution in [2.45, 2.75) is 165 Å². The van der Waals surface area contributed by atoms with Gasteiger partial charge in [0.25, 0.3) is 0 Å². The van der Waals surface area contributed by atoms with Crippen molar-refractivity contribution in [2.24, 2.45) is 0 Å². The molecule has 0 aliphatic heterocycles. The van der Waals surface area contributed by atoms with Crippen molar-refractivity contribution >= 4 is 173 Å². The maximum absolute atomic E-state index is 13.1. The molecule has 144 heavy (non-hydrogen) atoms. The molecular formula is C111H114BrCl2F3N16O10Sn. The van der Waals surface area contributed by atoms with Gasteiger partial charge in [-0.2, -0.15) is 43.0 Å². The molecule has 0 spiro atoms. The average Bonchev–Trinajstić information content (AvgIpc) is 1.60. The number of nitrogens with one attached hydrogen (secondary N) is 5. The summed E-state index contributed by atoms with van der Waals surface area (Å²) in [7, 11) is 0. The second-order valence-corrected chi connectivity index (χ2v) is 52.1. The van der Waals surface area contributed by atoms with Crippen LogP contribution in [-0.2, 0) is 19.0 Å². The molecule has 8 aromatic carbocycles. The number of aromatic nitrogens is 16. The topological polar surface area (TPSA) is 341 Å². The molecule has 0 fully saturated rings. The van der Waals surface area contributed by atoms with E-state index in [1.165, 1.54) is 70.4 Å². The Kier molecular flexibility index (Phi) is 35.0. The number of H-pyrrole nitrogens is 5. The van der Waals surface area contributed by atoms with E-state index in [0.29, 0.717) is 28.5 Å². The summed E-state index contributed by atoms with van der Waals surface area (Å²) in [5.74, 6) is -2.76. The Labute approximate surface area is 853 Å². The van der Waals surface area contributed by atoms with Gasteiger partial charge < -0.3 is 34.7 Å². The second kappa shape index (κ2) is 47.2. The number of carbonyl (C=O) groups excluding carboxylic acids is 3. The predicted molar refractivity (Wildman–Crippen MR) is 575 cm³/mol. The molecule has 0 atom stereocenters. The van der Waals surface area contributed by atoms with Gasteiger partial charge in [-0.1, -0.05) is 120 Å². The summed E-state index contributed by atoms with van der Waals surface area (Å²) in [6, 6.07) is 79.0. The molecular weight excluding hydrogens is 2040 g/mol. The first-order chi connectivity index (χ1) is 68.5. The van der Waals surface area contributed by atoms with E-state index in [-0.39, 0.29) is 12.8 Å². The van der Waals surface area contributed by atoms with Crippen LogP contribution in [0.4, 0.5) is 27.6 Å². The average molecular weight is 2160 g/mol. The summed E-state index contributed by atoms with van der Waals surface area (Å²) in [6.07, 6.45) is 15.7. The van der Waals surface area contributed by atoms with Crippen molar-refractivity contribution in [2.75, 3.05) is 5.34 Å². The number of para-hydroxylation sites is 4. The van der Waals surface area contributed by atoms with Crippen molar-refractivity contribution in [3.8, 4) is 78.9 Å². The summed E-state index contributed by atoms with van der Waals surface area (Å²) < 4.78 is 62.4. The fraction of sp³-hybridized carbons (Fsp3) is 0.243. The van der Waals surface area contributed by atoms with Gasteiger partial charge in [0.05, 0.1) is 66.7 Å². The number of hydrogen-bond donors (Lipinski definition) is 6. The van der Waals surface area contributed by atoms with E-state index >= 15 is 0 Å². The van der Waals surface area contributed by atoms with Gasteiger partial charge in [-0.3, -0.25) is 25.4 Å². The van der Waals surface area contributed by atoms with E-state index in [2.05, 4.69) is 129 Å². The van der Waals surface area contributed by atoms with E-state index in [0.717, 1.165) is 152 Å². The van der Waals surface area contributed by atoms with Gasteiger partial charge in [-0.05, 0) is 200 Å². The summed E-state index contributed by atoms with van der Waals surface area (Å²) in [5, 5.41) is 68.6. The SMILES string of the molecule is C.CC(C)(C)OC(=O)n1c(-c2n[nH]c3cc(-c4ccc[n+]([O-])c4)ccc23)cc2ccccc21.CC(C)(C)OC(=O)n1c(-c2n[nH]c3cc(-c4cccnc4)ccc23)cc2ccccc21.CC(C)(C)OC(=O)n1c(-c2n[nH]c3cc(Br)ccc23)cc2ccccc21.CCC[CH2][Sn]([CH2]CCC)([CH2]CCC)[c]1cccnc1.ClCCl.O=C(O)C(F)(F)F.[O-][n+]1cccc(-c2ccc3c(-c4cc5ccccc5[nH]4)n[nH]c3c2)c1. The summed E-state index contributed by atoms with van der Waals surface area (Å²) >= 11 is 10.8. The number of rotatable bonds is 17. The van der Waals surface area contributed by atoms with Crippen LogP contribution in [0.1, 0.15) is 129 Å². The minimum absolute atomic E-state index is 0. The van der Waals surface area contributed by atoms with Gasteiger partial charge in [0.15, 0.2) is 24.8 Å². The first-order valence-electron chi connectivity index (χ1n) is 46.8. The van der Waals surface area contributed by atoms with Crippen LogP contribution in [0.5, 0.6) is 0 Å². The minimum atomic E-state index is -5.08. The Bertz CT molecular complexity index is 7790. The molecule has 0 saturated carbocycles. The first-order valence-corrected chi connectivity index (χ1v) is 56.1. The van der Waals surface area contributed by atoms with Crippen LogP contribution in [-0.4, -0.2) is 145 Å². The van der Waals surface area contributed by atoms with Crippen molar-refractivity contribution in [3.05, 3.63) is 307 Å². The number of pyridine rings is 4. The number of alkyl halides is 5. The third-order valence-corrected chi connectivity index (χ3v) is 39.4. The van der Waals surface area contributed by atoms with Crippen LogP contribution in [0.15, 0.2) is 297 Å². The number of ether oxygens (including phenoxy) is 3. The Morgan fingerprint density at radius 2 is 0.757 bits per heavy atom.